The van der Waals surface area contributed by atoms with Crippen molar-refractivity contribution in [3.05, 3.63) is 29.8 Å². The topological polar surface area (TPSA) is 56.5 Å². The van der Waals surface area contributed by atoms with Crippen molar-refractivity contribution in [1.82, 2.24) is 14.4 Å². The summed E-state index contributed by atoms with van der Waals surface area (Å²) in [7, 11) is 0. The lowest BCUT2D eigenvalue weighted by Crippen LogP contribution is -2.04. The van der Waals surface area contributed by atoms with Crippen molar-refractivity contribution in [3.63, 3.8) is 0 Å². The van der Waals surface area contributed by atoms with Crippen LogP contribution in [0.15, 0.2) is 18.5 Å². The van der Waals surface area contributed by atoms with Gasteiger partial charge >= 0.3 is 5.97 Å². The Kier molecular flexibility index (Phi) is 2.37. The second kappa shape index (κ2) is 3.68. The van der Waals surface area contributed by atoms with Crippen LogP contribution in [0.5, 0.6) is 0 Å². The Morgan fingerprint density at radius 2 is 2.33 bits per heavy atom. The minimum atomic E-state index is -0.416. The molecule has 0 N–H and O–H groups in total. The molecule has 0 radical (unpaired) electrons. The first-order valence-electron chi connectivity index (χ1n) is 4.70. The molecule has 5 nitrogen and oxygen atoms in total. The van der Waals surface area contributed by atoms with Crippen LogP contribution in [0.1, 0.15) is 23.1 Å². The third-order valence-electron chi connectivity index (χ3n) is 1.95. The molecule has 15 heavy (non-hydrogen) atoms. The van der Waals surface area contributed by atoms with Gasteiger partial charge in [0, 0.05) is 18.1 Å². The molecule has 0 aliphatic carbocycles. The number of esters is 1. The number of aryl methyl sites for hydroxylation is 1. The average molecular weight is 205 g/mol. The zero-order chi connectivity index (χ0) is 10.8. The molecule has 2 aromatic heterocycles. The maximum atomic E-state index is 11.4. The maximum Gasteiger partial charge on any atom is 0.358 e. The van der Waals surface area contributed by atoms with Crippen LogP contribution in [0.25, 0.3) is 5.78 Å². The monoisotopic (exact) mass is 205 g/mol. The van der Waals surface area contributed by atoms with Gasteiger partial charge in [-0.3, -0.25) is 4.40 Å². The lowest BCUT2D eigenvalue weighted by molar-refractivity contribution is 0.0520. The summed E-state index contributed by atoms with van der Waals surface area (Å²) in [5.74, 6) is 0.0960. The number of hydrogen-bond acceptors (Lipinski definition) is 4. The summed E-state index contributed by atoms with van der Waals surface area (Å²) in [6.07, 6.45) is 3.42. The first-order chi connectivity index (χ1) is 7.20. The van der Waals surface area contributed by atoms with E-state index >= 15 is 0 Å². The normalized spacial score (nSPS) is 10.5. The quantitative estimate of drug-likeness (QED) is 0.691. The van der Waals surface area contributed by atoms with Gasteiger partial charge in [0.1, 0.15) is 0 Å². The second-order valence-corrected chi connectivity index (χ2v) is 3.12. The van der Waals surface area contributed by atoms with Crippen LogP contribution in [-0.4, -0.2) is 26.9 Å². The zero-order valence-electron chi connectivity index (χ0n) is 8.60. The number of carbonyl (C=O) groups excluding carboxylic acids is 1. The number of hydrogen-bond donors (Lipinski definition) is 0. The van der Waals surface area contributed by atoms with Crippen molar-refractivity contribution in [2.24, 2.45) is 0 Å². The van der Waals surface area contributed by atoms with E-state index in [0.717, 1.165) is 5.69 Å². The summed E-state index contributed by atoms with van der Waals surface area (Å²) in [6.45, 7) is 3.98. The molecule has 2 heterocycles. The van der Waals surface area contributed by atoms with Gasteiger partial charge < -0.3 is 4.74 Å². The summed E-state index contributed by atoms with van der Waals surface area (Å²) >= 11 is 0. The molecule has 0 spiro atoms. The van der Waals surface area contributed by atoms with E-state index in [1.807, 2.05) is 19.2 Å². The van der Waals surface area contributed by atoms with Gasteiger partial charge in [0.05, 0.1) is 6.61 Å². The number of nitrogens with zero attached hydrogens (tertiary/aromatic N) is 3. The molecule has 5 heteroatoms. The Hall–Kier alpha value is -1.91. The van der Waals surface area contributed by atoms with Gasteiger partial charge in [0.15, 0.2) is 5.69 Å². The van der Waals surface area contributed by atoms with Gasteiger partial charge in [-0.05, 0) is 19.9 Å². The van der Waals surface area contributed by atoms with E-state index in [9.17, 15) is 4.79 Å². The third-order valence-corrected chi connectivity index (χ3v) is 1.95. The fourth-order valence-corrected chi connectivity index (χ4v) is 1.26. The SMILES string of the molecule is CCOC(=O)c1cn2ccc(C)nc2n1. The van der Waals surface area contributed by atoms with Gasteiger partial charge in [-0.15, -0.1) is 0 Å². The molecule has 0 atom stereocenters. The van der Waals surface area contributed by atoms with E-state index in [4.69, 9.17) is 4.74 Å². The third kappa shape index (κ3) is 1.81. The summed E-state index contributed by atoms with van der Waals surface area (Å²) in [5.41, 5.74) is 1.15. The number of aromatic nitrogens is 3. The lowest BCUT2D eigenvalue weighted by atomic mass is 10.5. The van der Waals surface area contributed by atoms with E-state index in [2.05, 4.69) is 9.97 Å². The second-order valence-electron chi connectivity index (χ2n) is 3.12. The van der Waals surface area contributed by atoms with Crippen molar-refractivity contribution >= 4 is 11.7 Å². The fraction of sp³-hybridized carbons (Fsp3) is 0.300. The number of ether oxygens (including phenoxy) is 1. The highest BCUT2D eigenvalue weighted by Gasteiger charge is 2.11. The molecule has 0 saturated carbocycles. The zero-order valence-corrected chi connectivity index (χ0v) is 8.60. The predicted octanol–water partition coefficient (Wildman–Crippen LogP) is 1.21. The smallest absolute Gasteiger partial charge is 0.358 e. The molecule has 0 bridgehead atoms. The molecule has 0 aromatic carbocycles. The Balaban J connectivity index is 2.42. The molecule has 0 amide bonds. The molecule has 0 aliphatic heterocycles. The first kappa shape index (κ1) is 9.64. The standard InChI is InChI=1S/C10H11N3O2/c1-3-15-9(14)8-6-13-5-4-7(2)11-10(13)12-8/h4-6H,3H2,1-2H3. The van der Waals surface area contributed by atoms with Gasteiger partial charge in [0.25, 0.3) is 0 Å². The molecular formula is C10H11N3O2. The lowest BCUT2D eigenvalue weighted by Gasteiger charge is -1.94. The molecule has 0 fully saturated rings. The molecule has 2 rings (SSSR count). The predicted molar refractivity (Wildman–Crippen MR) is 53.7 cm³/mol. The average Bonchev–Trinajstić information content (AvgIpc) is 2.60. The van der Waals surface area contributed by atoms with Gasteiger partial charge in [0.2, 0.25) is 5.78 Å². The van der Waals surface area contributed by atoms with Gasteiger partial charge in [-0.25, -0.2) is 14.8 Å². The Bertz CT molecular complexity index is 504. The number of rotatable bonds is 2. The highest BCUT2D eigenvalue weighted by molar-refractivity contribution is 5.87. The van der Waals surface area contributed by atoms with Crippen molar-refractivity contribution < 1.29 is 9.53 Å². The number of imidazole rings is 1. The van der Waals surface area contributed by atoms with E-state index in [1.54, 1.807) is 17.5 Å². The van der Waals surface area contributed by atoms with Crippen molar-refractivity contribution in [2.45, 2.75) is 13.8 Å². The van der Waals surface area contributed by atoms with E-state index in [-0.39, 0.29) is 5.69 Å². The summed E-state index contributed by atoms with van der Waals surface area (Å²) < 4.78 is 6.54. The van der Waals surface area contributed by atoms with E-state index in [0.29, 0.717) is 12.4 Å². The van der Waals surface area contributed by atoms with E-state index in [1.165, 1.54) is 0 Å². The van der Waals surface area contributed by atoms with E-state index < -0.39 is 5.97 Å². The molecular weight excluding hydrogens is 194 g/mol. The van der Waals surface area contributed by atoms with Crippen LogP contribution < -0.4 is 0 Å². The molecule has 0 saturated heterocycles. The fourth-order valence-electron chi connectivity index (χ4n) is 1.26. The van der Waals surface area contributed by atoms with Crippen LogP contribution in [-0.2, 0) is 4.74 Å². The summed E-state index contributed by atoms with van der Waals surface area (Å²) in [4.78, 5) is 19.6. The first-order valence-corrected chi connectivity index (χ1v) is 4.70. The Morgan fingerprint density at radius 3 is 3.07 bits per heavy atom. The molecule has 78 valence electrons. The van der Waals surface area contributed by atoms with Crippen LogP contribution in [0, 0.1) is 6.92 Å². The number of carbonyl (C=O) groups is 1. The van der Waals surface area contributed by atoms with Gasteiger partial charge in [-0.1, -0.05) is 0 Å². The largest absolute Gasteiger partial charge is 0.461 e. The highest BCUT2D eigenvalue weighted by atomic mass is 16.5. The minimum Gasteiger partial charge on any atom is -0.461 e. The van der Waals surface area contributed by atoms with Crippen LogP contribution >= 0.6 is 0 Å². The minimum absolute atomic E-state index is 0.287. The van der Waals surface area contributed by atoms with Crippen molar-refractivity contribution in [1.29, 1.82) is 0 Å². The van der Waals surface area contributed by atoms with Crippen LogP contribution in [0.2, 0.25) is 0 Å². The number of fused-ring (bicyclic) bond motifs is 1. The summed E-state index contributed by atoms with van der Waals surface area (Å²) in [5, 5.41) is 0. The Labute approximate surface area is 86.7 Å². The molecule has 0 unspecified atom stereocenters. The van der Waals surface area contributed by atoms with Crippen LogP contribution in [0.4, 0.5) is 0 Å². The van der Waals surface area contributed by atoms with Gasteiger partial charge in [-0.2, -0.15) is 0 Å². The van der Waals surface area contributed by atoms with Crippen molar-refractivity contribution in [2.75, 3.05) is 6.61 Å². The van der Waals surface area contributed by atoms with Crippen LogP contribution in [0.3, 0.4) is 0 Å². The Morgan fingerprint density at radius 1 is 1.53 bits per heavy atom. The maximum absolute atomic E-state index is 11.4. The van der Waals surface area contributed by atoms with Crippen molar-refractivity contribution in [3.8, 4) is 0 Å². The molecule has 0 aliphatic rings. The summed E-state index contributed by atoms with van der Waals surface area (Å²) in [6, 6.07) is 1.85. The highest BCUT2D eigenvalue weighted by Crippen LogP contribution is 2.05. The molecule has 2 aromatic rings.